The fourth-order valence-corrected chi connectivity index (χ4v) is 0.908. The number of unbranched alkanes of at least 4 members (excludes halogenated alkanes) is 1. The Labute approximate surface area is 83.4 Å². The van der Waals surface area contributed by atoms with Crippen molar-refractivity contribution >= 4 is 11.9 Å². The van der Waals surface area contributed by atoms with E-state index in [4.69, 9.17) is 16.6 Å². The van der Waals surface area contributed by atoms with Crippen molar-refractivity contribution in [1.29, 1.82) is 0 Å². The summed E-state index contributed by atoms with van der Waals surface area (Å²) < 4.78 is 0. The maximum Gasteiger partial charge on any atom is 0.320 e. The van der Waals surface area contributed by atoms with Gasteiger partial charge in [0.1, 0.15) is 6.04 Å². The number of aliphatic imine (C=N–C) groups is 1. The summed E-state index contributed by atoms with van der Waals surface area (Å²) in [5.74, 6) is -0.555. The number of guanidine groups is 1. The minimum absolute atomic E-state index is 0.396. The van der Waals surface area contributed by atoms with Crippen LogP contribution in [0, 0.1) is 0 Å². The Hall–Kier alpha value is -1.30. The molecule has 0 bridgehead atoms. The first-order valence-corrected chi connectivity index (χ1v) is 4.52. The van der Waals surface area contributed by atoms with Gasteiger partial charge in [0.15, 0.2) is 5.96 Å². The average molecular weight is 202 g/mol. The predicted octanol–water partition coefficient (Wildman–Crippen LogP) is -0.897. The number of aliphatic carboxylic acids is 1. The van der Waals surface area contributed by atoms with Crippen LogP contribution in [0.5, 0.6) is 0 Å². The quantitative estimate of drug-likeness (QED) is 0.253. The highest BCUT2D eigenvalue weighted by Crippen LogP contribution is 1.97. The molecule has 0 aliphatic heterocycles. The molecule has 0 radical (unpaired) electrons. The number of carboxylic acids is 1. The second kappa shape index (κ2) is 7.14. The highest BCUT2D eigenvalue weighted by Gasteiger charge is 2.09. The van der Waals surface area contributed by atoms with Crippen molar-refractivity contribution in [1.82, 2.24) is 5.32 Å². The highest BCUT2D eigenvalue weighted by atomic mass is 16.4. The molecule has 1 unspecified atom stereocenters. The van der Waals surface area contributed by atoms with E-state index in [1.54, 1.807) is 7.05 Å². The molecule has 14 heavy (non-hydrogen) atoms. The van der Waals surface area contributed by atoms with Gasteiger partial charge in [-0.1, -0.05) is 0 Å². The van der Waals surface area contributed by atoms with E-state index in [-0.39, 0.29) is 0 Å². The second-order valence-electron chi connectivity index (χ2n) is 2.98. The normalized spacial score (nSPS) is 13.7. The molecule has 0 rings (SSSR count). The lowest BCUT2D eigenvalue weighted by Gasteiger charge is -2.06. The molecule has 0 amide bonds. The van der Waals surface area contributed by atoms with Crippen molar-refractivity contribution in [3.63, 3.8) is 0 Å². The van der Waals surface area contributed by atoms with Crippen LogP contribution in [-0.2, 0) is 4.79 Å². The minimum Gasteiger partial charge on any atom is -0.480 e. The molecule has 0 aromatic carbocycles. The highest BCUT2D eigenvalue weighted by molar-refractivity contribution is 5.77. The van der Waals surface area contributed by atoms with Crippen molar-refractivity contribution in [2.24, 2.45) is 16.5 Å². The molecular formula is C8H18N4O2. The average Bonchev–Trinajstić information content (AvgIpc) is 2.16. The number of nitrogens with one attached hydrogen (secondary N) is 1. The molecule has 0 aromatic rings. The molecule has 82 valence electrons. The van der Waals surface area contributed by atoms with E-state index in [0.717, 1.165) is 12.8 Å². The van der Waals surface area contributed by atoms with Gasteiger partial charge in [0.05, 0.1) is 0 Å². The number of nitrogens with zero attached hydrogens (tertiary/aromatic N) is 1. The fraction of sp³-hybridized carbons (Fsp3) is 0.750. The number of carbonyl (C=O) groups is 1. The summed E-state index contributed by atoms with van der Waals surface area (Å²) in [5.41, 5.74) is 10.7. The van der Waals surface area contributed by atoms with Gasteiger partial charge in [-0.3, -0.25) is 9.79 Å². The van der Waals surface area contributed by atoms with Gasteiger partial charge < -0.3 is 21.9 Å². The molecule has 1 atom stereocenters. The summed E-state index contributed by atoms with van der Waals surface area (Å²) in [7, 11) is 1.60. The Morgan fingerprint density at radius 3 is 2.71 bits per heavy atom. The number of carboxylic acid groups (broad SMARTS) is 1. The summed E-state index contributed by atoms with van der Waals surface area (Å²) in [6, 6.07) is -0.757. The van der Waals surface area contributed by atoms with Crippen molar-refractivity contribution in [3.05, 3.63) is 0 Å². The van der Waals surface area contributed by atoms with Crippen molar-refractivity contribution in [3.8, 4) is 0 Å². The van der Waals surface area contributed by atoms with Crippen LogP contribution in [0.4, 0.5) is 0 Å². The second-order valence-corrected chi connectivity index (χ2v) is 2.98. The van der Waals surface area contributed by atoms with Gasteiger partial charge in [-0.05, 0) is 19.3 Å². The van der Waals surface area contributed by atoms with Gasteiger partial charge in [0.25, 0.3) is 0 Å². The summed E-state index contributed by atoms with van der Waals surface area (Å²) in [6.45, 7) is 0.690. The lowest BCUT2D eigenvalue weighted by atomic mass is 10.1. The van der Waals surface area contributed by atoms with E-state index in [0.29, 0.717) is 18.9 Å². The van der Waals surface area contributed by atoms with Crippen LogP contribution >= 0.6 is 0 Å². The van der Waals surface area contributed by atoms with Crippen molar-refractivity contribution in [2.45, 2.75) is 25.3 Å². The van der Waals surface area contributed by atoms with Crippen LogP contribution in [-0.4, -0.2) is 36.7 Å². The van der Waals surface area contributed by atoms with Crippen molar-refractivity contribution in [2.75, 3.05) is 13.6 Å². The van der Waals surface area contributed by atoms with Crippen LogP contribution in [0.1, 0.15) is 19.3 Å². The Balaban J connectivity index is 3.34. The van der Waals surface area contributed by atoms with Crippen LogP contribution in [0.15, 0.2) is 4.99 Å². The zero-order valence-electron chi connectivity index (χ0n) is 8.36. The first-order chi connectivity index (χ1) is 6.57. The molecule has 0 heterocycles. The molecule has 0 spiro atoms. The topological polar surface area (TPSA) is 114 Å². The smallest absolute Gasteiger partial charge is 0.320 e. The van der Waals surface area contributed by atoms with Crippen LogP contribution < -0.4 is 16.8 Å². The van der Waals surface area contributed by atoms with Gasteiger partial charge in [-0.2, -0.15) is 0 Å². The molecule has 6 heteroatoms. The van der Waals surface area contributed by atoms with Gasteiger partial charge in [-0.15, -0.1) is 0 Å². The van der Waals surface area contributed by atoms with E-state index < -0.39 is 12.0 Å². The third-order valence-corrected chi connectivity index (χ3v) is 1.81. The zero-order chi connectivity index (χ0) is 11.0. The van der Waals surface area contributed by atoms with Crippen molar-refractivity contribution < 1.29 is 9.90 Å². The van der Waals surface area contributed by atoms with Gasteiger partial charge in [0, 0.05) is 13.6 Å². The first kappa shape index (κ1) is 12.7. The largest absolute Gasteiger partial charge is 0.480 e. The lowest BCUT2D eigenvalue weighted by molar-refractivity contribution is -0.138. The zero-order valence-corrected chi connectivity index (χ0v) is 8.36. The first-order valence-electron chi connectivity index (χ1n) is 4.52. The summed E-state index contributed by atoms with van der Waals surface area (Å²) in [4.78, 5) is 14.1. The Morgan fingerprint density at radius 2 is 2.21 bits per heavy atom. The monoisotopic (exact) mass is 202 g/mol. The van der Waals surface area contributed by atoms with E-state index in [2.05, 4.69) is 10.3 Å². The fourth-order valence-electron chi connectivity index (χ4n) is 0.908. The Kier molecular flexibility index (Phi) is 6.47. The number of hydrogen-bond donors (Lipinski definition) is 4. The Morgan fingerprint density at radius 1 is 1.57 bits per heavy atom. The van der Waals surface area contributed by atoms with Crippen LogP contribution in [0.3, 0.4) is 0 Å². The molecule has 0 saturated heterocycles. The molecule has 6 nitrogen and oxygen atoms in total. The summed E-state index contributed by atoms with van der Waals surface area (Å²) in [6.07, 6.45) is 2.08. The minimum atomic E-state index is -0.951. The number of hydrogen-bond acceptors (Lipinski definition) is 3. The molecule has 0 aliphatic carbocycles. The molecule has 0 saturated carbocycles. The number of nitrogens with two attached hydrogens (primary N) is 2. The molecule has 0 aromatic heterocycles. The maximum absolute atomic E-state index is 10.3. The van der Waals surface area contributed by atoms with E-state index in [1.807, 2.05) is 0 Å². The SMILES string of the molecule is CN=C(N)NCCCCC(N)C(=O)O. The molecule has 0 fully saturated rings. The van der Waals surface area contributed by atoms with Crippen LogP contribution in [0.25, 0.3) is 0 Å². The van der Waals surface area contributed by atoms with E-state index in [9.17, 15) is 4.79 Å². The van der Waals surface area contributed by atoms with Gasteiger partial charge >= 0.3 is 5.97 Å². The lowest BCUT2D eigenvalue weighted by Crippen LogP contribution is -2.33. The van der Waals surface area contributed by atoms with E-state index in [1.165, 1.54) is 0 Å². The predicted molar refractivity (Wildman–Crippen MR) is 55.0 cm³/mol. The van der Waals surface area contributed by atoms with Gasteiger partial charge in [0.2, 0.25) is 0 Å². The van der Waals surface area contributed by atoms with E-state index >= 15 is 0 Å². The third-order valence-electron chi connectivity index (χ3n) is 1.81. The molecule has 6 N–H and O–H groups in total. The molecule has 0 aliphatic rings. The molecular weight excluding hydrogens is 184 g/mol. The summed E-state index contributed by atoms with van der Waals surface area (Å²) in [5, 5.41) is 11.4. The van der Waals surface area contributed by atoms with Gasteiger partial charge in [-0.25, -0.2) is 0 Å². The third kappa shape index (κ3) is 6.24. The standard InChI is InChI=1S/C8H18N4O2/c1-11-8(10)12-5-3-2-4-6(9)7(13)14/h6H,2-5,9H2,1H3,(H,13,14)(H3,10,11,12). The maximum atomic E-state index is 10.3. The number of rotatable bonds is 6. The summed E-state index contributed by atoms with van der Waals surface area (Å²) >= 11 is 0. The Bertz CT molecular complexity index is 206. The van der Waals surface area contributed by atoms with Crippen LogP contribution in [0.2, 0.25) is 0 Å².